The molecule has 5 heteroatoms. The third-order valence-electron chi connectivity index (χ3n) is 9.41. The number of para-hydroxylation sites is 3. The van der Waals surface area contributed by atoms with E-state index in [-0.39, 0.29) is 0 Å². The van der Waals surface area contributed by atoms with Crippen molar-refractivity contribution < 1.29 is 13.6 Å². The second-order valence-corrected chi connectivity index (χ2v) is 19.0. The first kappa shape index (κ1) is 50.7. The van der Waals surface area contributed by atoms with Crippen molar-refractivity contribution in [2.24, 2.45) is 35.5 Å². The van der Waals surface area contributed by atoms with Gasteiger partial charge in [-0.05, 0) is 71.9 Å². The minimum atomic E-state index is -3.05. The van der Waals surface area contributed by atoms with E-state index in [1.807, 2.05) is 91.0 Å². The summed E-state index contributed by atoms with van der Waals surface area (Å²) in [6.07, 6.45) is 16.8. The fourth-order valence-electron chi connectivity index (χ4n) is 5.12. The highest BCUT2D eigenvalue weighted by Crippen LogP contribution is 2.50. The van der Waals surface area contributed by atoms with Crippen LogP contribution in [0.25, 0.3) is 0 Å². The van der Waals surface area contributed by atoms with Crippen LogP contribution in [0.4, 0.5) is 0 Å². The van der Waals surface area contributed by atoms with Crippen LogP contribution in [0.15, 0.2) is 91.0 Å². The average Bonchev–Trinajstić information content (AvgIpc) is 3.12. The van der Waals surface area contributed by atoms with E-state index in [1.54, 1.807) is 0 Å². The molecule has 0 N–H and O–H groups in total. The highest BCUT2D eigenvalue weighted by molar-refractivity contribution is 8.08. The van der Waals surface area contributed by atoms with Gasteiger partial charge in [-0.2, -0.15) is 0 Å². The third-order valence-corrected chi connectivity index (χ3v) is 11.4. The lowest BCUT2D eigenvalue weighted by molar-refractivity contribution is 0.384. The molecule has 3 unspecified atom stereocenters. The SMILES string of the molecule is CCC(C)CCCC(C)C.CCC(C)CCCC(C)C.CCC(C)CCCC(C)C.S=P(Oc1ccccc1)(Oc1ccccc1)Oc1ccccc1. The Balaban J connectivity index is 0.000000760. The standard InChI is InChI=1S/C18H15O3PS.3C10H22/c23-22(19-16-10-4-1-5-11-16,20-17-12-6-2-7-13-17)21-18-14-8-3-9-15-18;3*1-5-10(4)8-6-7-9(2)3/h1-15H;3*9-10H,5-8H2,1-4H3. The average molecular weight is 769 g/mol. The van der Waals surface area contributed by atoms with Gasteiger partial charge in [0.25, 0.3) is 0 Å². The zero-order chi connectivity index (χ0) is 39.9. The summed E-state index contributed by atoms with van der Waals surface area (Å²) >= 11 is 5.59. The summed E-state index contributed by atoms with van der Waals surface area (Å²) in [6.45, 7) is 24.6. The summed E-state index contributed by atoms with van der Waals surface area (Å²) in [5.74, 6) is 7.35. The summed E-state index contributed by atoms with van der Waals surface area (Å²) in [7, 11) is 0. The Bertz CT molecular complexity index is 1090. The van der Waals surface area contributed by atoms with Crippen molar-refractivity contribution in [2.45, 2.75) is 160 Å². The van der Waals surface area contributed by atoms with Gasteiger partial charge in [0.05, 0.1) is 0 Å². The second kappa shape index (κ2) is 32.0. The fraction of sp³-hybridized carbons (Fsp3) is 0.625. The molecule has 0 bridgehead atoms. The first-order chi connectivity index (χ1) is 25.2. The van der Waals surface area contributed by atoms with E-state index in [9.17, 15) is 0 Å². The maximum atomic E-state index is 5.89. The molecule has 302 valence electrons. The quantitative estimate of drug-likeness (QED) is 0.101. The maximum Gasteiger partial charge on any atom is 0.490 e. The molecule has 0 radical (unpaired) electrons. The molecule has 3 rings (SSSR count). The van der Waals surface area contributed by atoms with Gasteiger partial charge in [-0.1, -0.05) is 215 Å². The van der Waals surface area contributed by atoms with E-state index in [2.05, 4.69) is 83.1 Å². The molecule has 0 fully saturated rings. The molecule has 53 heavy (non-hydrogen) atoms. The summed E-state index contributed by atoms with van der Waals surface area (Å²) in [5.41, 5.74) is 0. The highest BCUT2D eigenvalue weighted by Gasteiger charge is 2.26. The molecule has 0 amide bonds. The summed E-state index contributed by atoms with van der Waals surface area (Å²) in [6, 6.07) is 27.9. The van der Waals surface area contributed by atoms with Crippen LogP contribution in [0.5, 0.6) is 17.2 Å². The smallest absolute Gasteiger partial charge is 0.407 e. The molecule has 0 aromatic heterocycles. The highest BCUT2D eigenvalue weighted by atomic mass is 32.5. The molecule has 0 aliphatic heterocycles. The molecule has 0 spiro atoms. The predicted molar refractivity (Wildman–Crippen MR) is 240 cm³/mol. The Morgan fingerprint density at radius 2 is 0.623 bits per heavy atom. The molecule has 3 aromatic rings. The van der Waals surface area contributed by atoms with Crippen molar-refractivity contribution in [3.05, 3.63) is 91.0 Å². The lowest BCUT2D eigenvalue weighted by Crippen LogP contribution is -2.07. The van der Waals surface area contributed by atoms with Crippen LogP contribution in [-0.2, 0) is 11.8 Å². The molecule has 3 nitrogen and oxygen atoms in total. The van der Waals surface area contributed by atoms with E-state index in [4.69, 9.17) is 25.4 Å². The van der Waals surface area contributed by atoms with E-state index in [1.165, 1.54) is 77.0 Å². The summed E-state index contributed by atoms with van der Waals surface area (Å²) in [4.78, 5) is 0. The first-order valence-electron chi connectivity index (χ1n) is 21.1. The van der Waals surface area contributed by atoms with Gasteiger partial charge in [0.1, 0.15) is 17.2 Å². The van der Waals surface area contributed by atoms with Crippen molar-refractivity contribution in [2.75, 3.05) is 0 Å². The lowest BCUT2D eigenvalue weighted by atomic mass is 9.98. The number of benzene rings is 3. The van der Waals surface area contributed by atoms with E-state index < -0.39 is 6.72 Å². The van der Waals surface area contributed by atoms with Gasteiger partial charge >= 0.3 is 6.72 Å². The summed E-state index contributed by atoms with van der Waals surface area (Å²) in [5, 5.41) is 0. The maximum absolute atomic E-state index is 5.89. The zero-order valence-electron chi connectivity index (χ0n) is 36.2. The minimum Gasteiger partial charge on any atom is -0.407 e. The van der Waals surface area contributed by atoms with Gasteiger partial charge in [0.2, 0.25) is 0 Å². The topological polar surface area (TPSA) is 27.7 Å². The molecule has 0 saturated heterocycles. The molecule has 0 saturated carbocycles. The van der Waals surface area contributed by atoms with Crippen LogP contribution in [0, 0.1) is 35.5 Å². The van der Waals surface area contributed by atoms with Gasteiger partial charge in [-0.15, -0.1) is 0 Å². The van der Waals surface area contributed by atoms with Gasteiger partial charge in [0, 0.05) is 11.8 Å². The third kappa shape index (κ3) is 30.7. The van der Waals surface area contributed by atoms with Crippen molar-refractivity contribution >= 4 is 18.5 Å². The lowest BCUT2D eigenvalue weighted by Gasteiger charge is -2.23. The Hall–Kier alpha value is -2.29. The van der Waals surface area contributed by atoms with Gasteiger partial charge in [-0.3, -0.25) is 0 Å². The Labute approximate surface area is 334 Å². The molecule has 0 aliphatic rings. The van der Waals surface area contributed by atoms with Crippen molar-refractivity contribution in [3.63, 3.8) is 0 Å². The zero-order valence-corrected chi connectivity index (χ0v) is 37.9. The van der Waals surface area contributed by atoms with Crippen molar-refractivity contribution in [3.8, 4) is 17.2 Å². The minimum absolute atomic E-state index is 0.614. The Kier molecular flexibility index (Phi) is 30.6. The van der Waals surface area contributed by atoms with E-state index in [0.29, 0.717) is 17.2 Å². The van der Waals surface area contributed by atoms with Gasteiger partial charge in [-0.25, -0.2) is 0 Å². The fourth-order valence-corrected chi connectivity index (χ4v) is 7.15. The van der Waals surface area contributed by atoms with Crippen LogP contribution in [0.1, 0.15) is 160 Å². The molecule has 0 heterocycles. The van der Waals surface area contributed by atoms with E-state index in [0.717, 1.165) is 35.5 Å². The van der Waals surface area contributed by atoms with E-state index >= 15 is 0 Å². The van der Waals surface area contributed by atoms with Crippen LogP contribution in [0.2, 0.25) is 0 Å². The Morgan fingerprint density at radius 3 is 0.811 bits per heavy atom. The van der Waals surface area contributed by atoms with Crippen LogP contribution in [-0.4, -0.2) is 0 Å². The summed E-state index contributed by atoms with van der Waals surface area (Å²) < 4.78 is 17.7. The largest absolute Gasteiger partial charge is 0.490 e. The predicted octanol–water partition coefficient (Wildman–Crippen LogP) is 17.0. The normalized spacial score (nSPS) is 12.7. The number of hydrogen-bond acceptors (Lipinski definition) is 4. The molecular weight excluding hydrogens is 688 g/mol. The first-order valence-corrected chi connectivity index (χ1v) is 23.6. The van der Waals surface area contributed by atoms with Crippen LogP contribution in [0.3, 0.4) is 0 Å². The molecule has 0 aliphatic carbocycles. The van der Waals surface area contributed by atoms with Crippen LogP contribution < -0.4 is 13.6 Å². The molecular formula is C48H81O3PS. The number of hydrogen-bond donors (Lipinski definition) is 0. The molecule has 3 aromatic carbocycles. The van der Waals surface area contributed by atoms with Crippen molar-refractivity contribution in [1.82, 2.24) is 0 Å². The second-order valence-electron chi connectivity index (χ2n) is 16.2. The van der Waals surface area contributed by atoms with Gasteiger partial charge in [0.15, 0.2) is 0 Å². The van der Waals surface area contributed by atoms with Gasteiger partial charge < -0.3 is 13.6 Å². The number of rotatable bonds is 21. The monoisotopic (exact) mass is 769 g/mol. The van der Waals surface area contributed by atoms with Crippen LogP contribution >= 0.6 is 6.72 Å². The molecule has 3 atom stereocenters. The van der Waals surface area contributed by atoms with Crippen molar-refractivity contribution in [1.29, 1.82) is 0 Å². The Morgan fingerprint density at radius 1 is 0.396 bits per heavy atom.